The van der Waals surface area contributed by atoms with Crippen molar-refractivity contribution in [2.45, 2.75) is 11.1 Å². The predicted molar refractivity (Wildman–Crippen MR) is 59.8 cm³/mol. The second kappa shape index (κ2) is 4.14. The van der Waals surface area contributed by atoms with Crippen LogP contribution in [0.15, 0.2) is 24.3 Å². The summed E-state index contributed by atoms with van der Waals surface area (Å²) in [5, 5.41) is 0. The van der Waals surface area contributed by atoms with Gasteiger partial charge in [-0.05, 0) is 19.1 Å². The fraction of sp³-hybridized carbons (Fsp3) is 0.300. The Morgan fingerprint density at radius 1 is 1.44 bits per heavy atom. The molecule has 0 aliphatic carbocycles. The standard InChI is InChI=1S/C10H10ClFO3S/c1-10(11,16(2,14)15)9(13)7-4-3-5-8(12)6-7/h3-6H,1-2H3. The Bertz CT molecular complexity index is 523. The van der Waals surface area contributed by atoms with Crippen LogP contribution in [0.2, 0.25) is 0 Å². The van der Waals surface area contributed by atoms with E-state index in [-0.39, 0.29) is 5.56 Å². The Labute approximate surface area is 98.1 Å². The SMILES string of the molecule is CC(Cl)(C(=O)c1cccc(F)c1)S(C)(=O)=O. The van der Waals surface area contributed by atoms with Crippen molar-refractivity contribution >= 4 is 27.2 Å². The van der Waals surface area contributed by atoms with Crippen LogP contribution in [0.4, 0.5) is 4.39 Å². The molecule has 1 aromatic rings. The minimum absolute atomic E-state index is 0.0667. The molecule has 1 unspecified atom stereocenters. The van der Waals surface area contributed by atoms with Gasteiger partial charge in [0.05, 0.1) is 0 Å². The van der Waals surface area contributed by atoms with E-state index in [2.05, 4.69) is 0 Å². The van der Waals surface area contributed by atoms with Gasteiger partial charge in [0, 0.05) is 11.8 Å². The summed E-state index contributed by atoms with van der Waals surface area (Å²) in [5.41, 5.74) is -0.0667. The molecule has 0 spiro atoms. The average Bonchev–Trinajstić information content (AvgIpc) is 2.14. The van der Waals surface area contributed by atoms with Gasteiger partial charge >= 0.3 is 0 Å². The molecule has 16 heavy (non-hydrogen) atoms. The number of ketones is 1. The second-order valence-corrected chi connectivity index (χ2v) is 6.87. The zero-order valence-corrected chi connectivity index (χ0v) is 10.3. The maximum atomic E-state index is 12.9. The molecule has 0 heterocycles. The van der Waals surface area contributed by atoms with Gasteiger partial charge in [0.1, 0.15) is 5.82 Å². The summed E-state index contributed by atoms with van der Waals surface area (Å²) < 4.78 is 33.4. The molecule has 0 amide bonds. The van der Waals surface area contributed by atoms with Gasteiger partial charge in [-0.3, -0.25) is 4.79 Å². The Kier molecular flexibility index (Phi) is 3.40. The molecule has 0 aromatic heterocycles. The Balaban J connectivity index is 3.23. The highest BCUT2D eigenvalue weighted by molar-refractivity contribution is 7.94. The van der Waals surface area contributed by atoms with E-state index in [1.54, 1.807) is 0 Å². The van der Waals surface area contributed by atoms with E-state index in [0.717, 1.165) is 25.3 Å². The smallest absolute Gasteiger partial charge is 0.204 e. The van der Waals surface area contributed by atoms with Crippen LogP contribution in [0.3, 0.4) is 0 Å². The molecule has 6 heteroatoms. The van der Waals surface area contributed by atoms with Crippen LogP contribution in [0.25, 0.3) is 0 Å². The lowest BCUT2D eigenvalue weighted by molar-refractivity contribution is 0.0977. The van der Waals surface area contributed by atoms with Crippen molar-refractivity contribution in [1.82, 2.24) is 0 Å². The van der Waals surface area contributed by atoms with Crippen molar-refractivity contribution in [2.75, 3.05) is 6.26 Å². The lowest BCUT2D eigenvalue weighted by atomic mass is 10.1. The molecule has 1 rings (SSSR count). The minimum atomic E-state index is -3.77. The number of carbonyl (C=O) groups is 1. The van der Waals surface area contributed by atoms with E-state index in [4.69, 9.17) is 11.6 Å². The van der Waals surface area contributed by atoms with Gasteiger partial charge in [0.25, 0.3) is 0 Å². The van der Waals surface area contributed by atoms with Crippen molar-refractivity contribution in [3.63, 3.8) is 0 Å². The van der Waals surface area contributed by atoms with Crippen LogP contribution in [0, 0.1) is 5.82 Å². The van der Waals surface area contributed by atoms with Crippen LogP contribution in [0.5, 0.6) is 0 Å². The summed E-state index contributed by atoms with van der Waals surface area (Å²) in [6, 6.07) is 4.74. The van der Waals surface area contributed by atoms with Crippen LogP contribution < -0.4 is 0 Å². The summed E-state index contributed by atoms with van der Waals surface area (Å²) in [5.74, 6) is -1.46. The fourth-order valence-electron chi connectivity index (χ4n) is 1.06. The lowest BCUT2D eigenvalue weighted by Gasteiger charge is -2.18. The lowest BCUT2D eigenvalue weighted by Crippen LogP contribution is -2.37. The summed E-state index contributed by atoms with van der Waals surface area (Å²) in [6.45, 7) is 1.08. The maximum absolute atomic E-state index is 12.9. The normalized spacial score (nSPS) is 15.5. The van der Waals surface area contributed by atoms with Crippen molar-refractivity contribution in [3.05, 3.63) is 35.6 Å². The molecule has 1 aromatic carbocycles. The van der Waals surface area contributed by atoms with Crippen LogP contribution in [-0.4, -0.2) is 24.7 Å². The molecule has 0 radical (unpaired) electrons. The zero-order chi connectivity index (χ0) is 12.6. The van der Waals surface area contributed by atoms with E-state index in [1.165, 1.54) is 12.1 Å². The Morgan fingerprint density at radius 3 is 2.44 bits per heavy atom. The van der Waals surface area contributed by atoms with Gasteiger partial charge in [-0.15, -0.1) is 0 Å². The summed E-state index contributed by atoms with van der Waals surface area (Å²) >= 11 is 5.69. The second-order valence-electron chi connectivity index (χ2n) is 3.53. The van der Waals surface area contributed by atoms with Crippen molar-refractivity contribution < 1.29 is 17.6 Å². The molecule has 0 saturated heterocycles. The van der Waals surface area contributed by atoms with Crippen LogP contribution in [0.1, 0.15) is 17.3 Å². The minimum Gasteiger partial charge on any atom is -0.291 e. The first-order chi connectivity index (χ1) is 7.16. The molecule has 0 aliphatic heterocycles. The number of carbonyl (C=O) groups excluding carboxylic acids is 1. The molecular weight excluding hydrogens is 255 g/mol. The molecule has 0 bridgehead atoms. The number of alkyl halides is 1. The number of Topliss-reactive ketones (excluding diaryl/α,β-unsaturated/α-hetero) is 1. The number of rotatable bonds is 3. The van der Waals surface area contributed by atoms with Gasteiger partial charge < -0.3 is 0 Å². The van der Waals surface area contributed by atoms with Crippen molar-refractivity contribution in [1.29, 1.82) is 0 Å². The first-order valence-corrected chi connectivity index (χ1v) is 6.62. The molecular formula is C10H10ClFO3S. The third kappa shape index (κ3) is 2.41. The van der Waals surface area contributed by atoms with Crippen molar-refractivity contribution in [3.8, 4) is 0 Å². The highest BCUT2D eigenvalue weighted by atomic mass is 35.5. The highest BCUT2D eigenvalue weighted by Gasteiger charge is 2.41. The number of halogens is 2. The summed E-state index contributed by atoms with van der Waals surface area (Å²) in [6.07, 6.45) is 0.858. The first kappa shape index (κ1) is 13.1. The van der Waals surface area contributed by atoms with Gasteiger partial charge in [-0.1, -0.05) is 23.7 Å². The molecule has 0 N–H and O–H groups in total. The predicted octanol–water partition coefficient (Wildman–Crippen LogP) is 2.01. The van der Waals surface area contributed by atoms with Gasteiger partial charge in [0.15, 0.2) is 15.6 Å². The van der Waals surface area contributed by atoms with Gasteiger partial charge in [-0.2, -0.15) is 0 Å². The molecule has 1 atom stereocenters. The Morgan fingerprint density at radius 2 is 2.00 bits per heavy atom. The fourth-order valence-corrected chi connectivity index (χ4v) is 1.62. The monoisotopic (exact) mass is 264 g/mol. The molecule has 3 nitrogen and oxygen atoms in total. The van der Waals surface area contributed by atoms with Crippen molar-refractivity contribution in [2.24, 2.45) is 0 Å². The first-order valence-electron chi connectivity index (χ1n) is 4.35. The van der Waals surface area contributed by atoms with E-state index in [1.807, 2.05) is 0 Å². The van der Waals surface area contributed by atoms with E-state index >= 15 is 0 Å². The number of sulfone groups is 1. The number of benzene rings is 1. The topological polar surface area (TPSA) is 51.2 Å². The van der Waals surface area contributed by atoms with E-state index < -0.39 is 25.6 Å². The molecule has 0 aliphatic rings. The average molecular weight is 265 g/mol. The Hall–Kier alpha value is -0.940. The van der Waals surface area contributed by atoms with Gasteiger partial charge in [0.2, 0.25) is 4.21 Å². The largest absolute Gasteiger partial charge is 0.291 e. The maximum Gasteiger partial charge on any atom is 0.204 e. The third-order valence-corrected chi connectivity index (χ3v) is 4.78. The van der Waals surface area contributed by atoms with Crippen LogP contribution in [-0.2, 0) is 9.84 Å². The molecule has 88 valence electrons. The number of hydrogen-bond donors (Lipinski definition) is 0. The molecule has 0 saturated carbocycles. The summed E-state index contributed by atoms with van der Waals surface area (Å²) in [4.78, 5) is 11.8. The molecule has 0 fully saturated rings. The quantitative estimate of drug-likeness (QED) is 0.620. The van der Waals surface area contributed by atoms with E-state index in [0.29, 0.717) is 0 Å². The highest BCUT2D eigenvalue weighted by Crippen LogP contribution is 2.26. The van der Waals surface area contributed by atoms with Crippen LogP contribution >= 0.6 is 11.6 Å². The van der Waals surface area contributed by atoms with E-state index in [9.17, 15) is 17.6 Å². The van der Waals surface area contributed by atoms with Gasteiger partial charge in [-0.25, -0.2) is 12.8 Å². The zero-order valence-electron chi connectivity index (χ0n) is 8.70. The number of hydrogen-bond acceptors (Lipinski definition) is 3. The summed E-state index contributed by atoms with van der Waals surface area (Å²) in [7, 11) is -3.77. The third-order valence-electron chi connectivity index (χ3n) is 2.19.